The highest BCUT2D eigenvalue weighted by Gasteiger charge is 2.45. The Labute approximate surface area is 228 Å². The number of aliphatic hydroxyl groups is 1. The molecule has 3 aromatic heterocycles. The molecule has 3 atom stereocenters. The number of fused-ring (bicyclic) bond motifs is 1. The molecule has 1 aliphatic heterocycles. The summed E-state index contributed by atoms with van der Waals surface area (Å²) in [6.45, 7) is 6.69. The van der Waals surface area contributed by atoms with Crippen molar-refractivity contribution in [2.45, 2.75) is 64.1 Å². The number of aromatic nitrogens is 7. The molecule has 2 unspecified atom stereocenters. The maximum atomic E-state index is 13.8. The van der Waals surface area contributed by atoms with Crippen molar-refractivity contribution in [3.05, 3.63) is 22.8 Å². The summed E-state index contributed by atoms with van der Waals surface area (Å²) in [4.78, 5) is 37.0. The molecular weight excluding hydrogens is 556 g/mol. The summed E-state index contributed by atoms with van der Waals surface area (Å²) in [6, 6.07) is -1.42. The average Bonchev–Trinajstić information content (AvgIpc) is 3.34. The molecule has 13 nitrogen and oxygen atoms in total. The second-order valence-electron chi connectivity index (χ2n) is 11.1. The second kappa shape index (κ2) is 10.2. The van der Waals surface area contributed by atoms with E-state index in [9.17, 15) is 14.7 Å². The number of aliphatic hydroxyl groups excluding tert-OH is 1. The minimum absolute atomic E-state index is 0.0971. The molecule has 0 radical (unpaired) electrons. The Morgan fingerprint density at radius 1 is 1.24 bits per heavy atom. The number of halogens is 1. The number of rotatable bonds is 8. The smallest absolute Gasteiger partial charge is 0.248 e. The van der Waals surface area contributed by atoms with Gasteiger partial charge in [-0.3, -0.25) is 9.59 Å². The predicted molar refractivity (Wildman–Crippen MR) is 142 cm³/mol. The lowest BCUT2D eigenvalue weighted by Crippen LogP contribution is -2.50. The van der Waals surface area contributed by atoms with Crippen molar-refractivity contribution < 1.29 is 14.7 Å². The van der Waals surface area contributed by atoms with E-state index in [1.165, 1.54) is 11.2 Å². The first-order chi connectivity index (χ1) is 18.0. The van der Waals surface area contributed by atoms with Crippen LogP contribution in [0.15, 0.2) is 17.1 Å². The van der Waals surface area contributed by atoms with Crippen molar-refractivity contribution in [3.8, 4) is 0 Å². The molecule has 0 bridgehead atoms. The van der Waals surface area contributed by atoms with Crippen molar-refractivity contribution in [1.29, 1.82) is 0 Å². The lowest BCUT2D eigenvalue weighted by Gasteiger charge is -2.34. The van der Waals surface area contributed by atoms with Gasteiger partial charge in [0.05, 0.1) is 17.2 Å². The van der Waals surface area contributed by atoms with Crippen LogP contribution in [0.4, 0.5) is 5.82 Å². The van der Waals surface area contributed by atoms with E-state index in [1.807, 2.05) is 27.0 Å². The fourth-order valence-electron chi connectivity index (χ4n) is 4.99. The second-order valence-corrected chi connectivity index (χ2v) is 11.9. The van der Waals surface area contributed by atoms with Crippen LogP contribution in [0.1, 0.15) is 57.7 Å². The SMILES string of the molecule is Cn1nc(Br)c2c(NCCNC(=O)C3CC(O)CN3C(=O)[C@@H](n3cc(C4CC4)nn3)C(C)(C)C)ncnc21. The zero-order valence-electron chi connectivity index (χ0n) is 21.9. The van der Waals surface area contributed by atoms with E-state index >= 15 is 0 Å². The molecule has 0 spiro atoms. The molecule has 0 aromatic carbocycles. The van der Waals surface area contributed by atoms with Crippen molar-refractivity contribution in [2.24, 2.45) is 12.5 Å². The third kappa shape index (κ3) is 5.23. The van der Waals surface area contributed by atoms with Crippen LogP contribution in [0, 0.1) is 5.41 Å². The van der Waals surface area contributed by atoms with Crippen LogP contribution in [0.2, 0.25) is 0 Å². The third-order valence-electron chi connectivity index (χ3n) is 7.00. The highest BCUT2D eigenvalue weighted by Crippen LogP contribution is 2.40. The van der Waals surface area contributed by atoms with Crippen molar-refractivity contribution in [1.82, 2.24) is 45.0 Å². The Kier molecular flexibility index (Phi) is 7.11. The minimum atomic E-state index is -0.775. The van der Waals surface area contributed by atoms with Gasteiger partial charge in [0.25, 0.3) is 0 Å². The number of likely N-dealkylation sites (tertiary alicyclic amines) is 1. The highest BCUT2D eigenvalue weighted by molar-refractivity contribution is 9.10. The summed E-state index contributed by atoms with van der Waals surface area (Å²) in [5.74, 6) is 0.461. The van der Waals surface area contributed by atoms with Gasteiger partial charge in [-0.25, -0.2) is 19.3 Å². The Morgan fingerprint density at radius 2 is 2.00 bits per heavy atom. The zero-order chi connectivity index (χ0) is 27.2. The topological polar surface area (TPSA) is 156 Å². The number of nitrogens with zero attached hydrogens (tertiary/aromatic N) is 8. The van der Waals surface area contributed by atoms with E-state index in [1.54, 1.807) is 16.4 Å². The number of hydrogen-bond acceptors (Lipinski definition) is 9. The summed E-state index contributed by atoms with van der Waals surface area (Å²) in [5.41, 5.74) is 1.10. The Hall–Kier alpha value is -3.13. The largest absolute Gasteiger partial charge is 0.391 e. The Bertz CT molecular complexity index is 1340. The van der Waals surface area contributed by atoms with Gasteiger partial charge in [-0.15, -0.1) is 5.10 Å². The number of aryl methyl sites for hydroxylation is 1. The molecule has 3 aromatic rings. The number of β-amino-alcohol motifs (C(OH)–C–C–N with tert-alkyl or cyclic N) is 1. The molecule has 204 valence electrons. The Morgan fingerprint density at radius 3 is 2.71 bits per heavy atom. The molecule has 2 amide bonds. The molecule has 2 aliphatic rings. The van der Waals surface area contributed by atoms with Crippen molar-refractivity contribution >= 4 is 44.6 Å². The maximum absolute atomic E-state index is 13.8. The summed E-state index contributed by atoms with van der Waals surface area (Å²) in [5, 5.41) is 30.1. The third-order valence-corrected chi connectivity index (χ3v) is 7.56. The molecule has 4 heterocycles. The van der Waals surface area contributed by atoms with Crippen LogP contribution >= 0.6 is 15.9 Å². The predicted octanol–water partition coefficient (Wildman–Crippen LogP) is 1.37. The highest BCUT2D eigenvalue weighted by atomic mass is 79.9. The van der Waals surface area contributed by atoms with Gasteiger partial charge in [0.1, 0.15) is 28.8 Å². The van der Waals surface area contributed by atoms with Crippen LogP contribution in [0.5, 0.6) is 0 Å². The van der Waals surface area contributed by atoms with E-state index in [-0.39, 0.29) is 24.8 Å². The van der Waals surface area contributed by atoms with Gasteiger partial charge >= 0.3 is 0 Å². The summed E-state index contributed by atoms with van der Waals surface area (Å²) in [6.07, 6.45) is 4.89. The van der Waals surface area contributed by atoms with E-state index in [0.29, 0.717) is 35.1 Å². The van der Waals surface area contributed by atoms with Crippen molar-refractivity contribution in [2.75, 3.05) is 25.0 Å². The summed E-state index contributed by atoms with van der Waals surface area (Å²) in [7, 11) is 1.80. The van der Waals surface area contributed by atoms with Gasteiger partial charge < -0.3 is 20.6 Å². The number of carbonyl (C=O) groups excluding carboxylic acids is 2. The standard InChI is InChI=1S/C24H33BrN10O3/c1-24(2,3)18(35-11-15(30-32-35)13-5-6-13)23(38)34-10-14(36)9-16(34)22(37)27-8-7-26-20-17-19(25)31-33(4)21(17)29-12-28-20/h11-14,16,18,36H,5-10H2,1-4H3,(H,27,37)(H,26,28,29)/t14?,16?,18-/m1/s1. The zero-order valence-corrected chi connectivity index (χ0v) is 23.5. The number of hydrogen-bond donors (Lipinski definition) is 3. The van der Waals surface area contributed by atoms with Crippen LogP contribution in [-0.4, -0.2) is 88.3 Å². The molecule has 1 saturated carbocycles. The first-order valence-corrected chi connectivity index (χ1v) is 13.6. The number of amides is 2. The molecule has 14 heteroatoms. The van der Waals surface area contributed by atoms with E-state index < -0.39 is 23.6 Å². The van der Waals surface area contributed by atoms with Gasteiger partial charge in [-0.2, -0.15) is 5.10 Å². The van der Waals surface area contributed by atoms with Crippen LogP contribution < -0.4 is 10.6 Å². The van der Waals surface area contributed by atoms with Gasteiger partial charge in [0, 0.05) is 45.2 Å². The fourth-order valence-corrected chi connectivity index (χ4v) is 5.59. The Balaban J connectivity index is 1.24. The lowest BCUT2D eigenvalue weighted by atomic mass is 9.85. The number of anilines is 1. The molecule has 3 N–H and O–H groups in total. The first kappa shape index (κ1) is 26.5. The van der Waals surface area contributed by atoms with Crippen LogP contribution in [0.25, 0.3) is 11.0 Å². The van der Waals surface area contributed by atoms with Gasteiger partial charge in [-0.05, 0) is 34.2 Å². The minimum Gasteiger partial charge on any atom is -0.391 e. The molecule has 1 aliphatic carbocycles. The molecule has 38 heavy (non-hydrogen) atoms. The van der Waals surface area contributed by atoms with Gasteiger partial charge in [-0.1, -0.05) is 26.0 Å². The maximum Gasteiger partial charge on any atom is 0.248 e. The summed E-state index contributed by atoms with van der Waals surface area (Å²) >= 11 is 3.43. The summed E-state index contributed by atoms with van der Waals surface area (Å²) < 4.78 is 3.90. The van der Waals surface area contributed by atoms with Crippen LogP contribution in [0.3, 0.4) is 0 Å². The van der Waals surface area contributed by atoms with Crippen molar-refractivity contribution in [3.63, 3.8) is 0 Å². The fraction of sp³-hybridized carbons (Fsp3) is 0.625. The van der Waals surface area contributed by atoms with Gasteiger partial charge in [0.15, 0.2) is 5.65 Å². The van der Waals surface area contributed by atoms with E-state index in [4.69, 9.17) is 0 Å². The average molecular weight is 589 g/mol. The monoisotopic (exact) mass is 588 g/mol. The number of nitrogens with one attached hydrogen (secondary N) is 2. The van der Waals surface area contributed by atoms with Crippen LogP contribution in [-0.2, 0) is 16.6 Å². The molecular formula is C24H33BrN10O3. The number of carbonyl (C=O) groups is 2. The van der Waals surface area contributed by atoms with E-state index in [2.05, 4.69) is 51.9 Å². The normalized spacial score (nSPS) is 20.6. The molecule has 5 rings (SSSR count). The molecule has 2 fully saturated rings. The lowest BCUT2D eigenvalue weighted by molar-refractivity contribution is -0.144. The first-order valence-electron chi connectivity index (χ1n) is 12.8. The van der Waals surface area contributed by atoms with Gasteiger partial charge in [0.2, 0.25) is 11.8 Å². The quantitative estimate of drug-likeness (QED) is 0.331. The molecule has 1 saturated heterocycles. The van der Waals surface area contributed by atoms with E-state index in [0.717, 1.165) is 23.9 Å².